The molecule has 0 radical (unpaired) electrons. The number of benzene rings is 3. The Labute approximate surface area is 108 Å². The van der Waals surface area contributed by atoms with E-state index in [-0.39, 0.29) is 26.2 Å². The van der Waals surface area contributed by atoms with E-state index >= 15 is 0 Å². The molecule has 0 amide bonds. The molecule has 3 aromatic carbocycles. The summed E-state index contributed by atoms with van der Waals surface area (Å²) in [5.41, 5.74) is 0. The van der Waals surface area contributed by atoms with Crippen LogP contribution in [-0.2, 0) is 26.2 Å². The van der Waals surface area contributed by atoms with E-state index in [4.69, 9.17) is 0 Å². The van der Waals surface area contributed by atoms with Crippen LogP contribution in [0.1, 0.15) is 0 Å². The van der Waals surface area contributed by atoms with Crippen molar-refractivity contribution in [1.82, 2.24) is 0 Å². The summed E-state index contributed by atoms with van der Waals surface area (Å²) in [6.07, 6.45) is 0. The minimum Gasteiger partial charge on any atom is -0.0616 e. The predicted octanol–water partition coefficient (Wildman–Crippen LogP) is 3.99. The van der Waals surface area contributed by atoms with Crippen molar-refractivity contribution in [3.8, 4) is 0 Å². The molecule has 70 valence electrons. The second-order valence-corrected chi connectivity index (χ2v) is 3.55. The van der Waals surface area contributed by atoms with Gasteiger partial charge in [0.1, 0.15) is 0 Å². The largest absolute Gasteiger partial charge is 0.0616 e. The smallest absolute Gasteiger partial charge is 0 e. The van der Waals surface area contributed by atoms with Gasteiger partial charge in [-0.2, -0.15) is 0 Å². The molecule has 0 atom stereocenters. The molecule has 0 N–H and O–H groups in total. The van der Waals surface area contributed by atoms with Crippen molar-refractivity contribution in [1.29, 1.82) is 0 Å². The predicted molar refractivity (Wildman–Crippen MR) is 61.5 cm³/mol. The fourth-order valence-electron chi connectivity index (χ4n) is 1.88. The zero-order chi connectivity index (χ0) is 9.38. The molecular formula is C14H10Zr. The summed E-state index contributed by atoms with van der Waals surface area (Å²) in [7, 11) is 0. The second-order valence-electron chi connectivity index (χ2n) is 3.55. The standard InChI is InChI=1S/C14H10.Zr/c1-2-6-12-10-14-8-4-3-7-13(14)9-11(12)5-1;/h1-10H;. The molecule has 0 fully saturated rings. The molecule has 1 heteroatoms. The van der Waals surface area contributed by atoms with Crippen LogP contribution in [0.25, 0.3) is 21.5 Å². The fraction of sp³-hybridized carbons (Fsp3) is 0. The van der Waals surface area contributed by atoms with Crippen LogP contribution in [0.5, 0.6) is 0 Å². The van der Waals surface area contributed by atoms with Crippen LogP contribution in [0.2, 0.25) is 0 Å². The molecule has 3 rings (SSSR count). The van der Waals surface area contributed by atoms with E-state index in [1.165, 1.54) is 21.5 Å². The van der Waals surface area contributed by atoms with E-state index in [2.05, 4.69) is 60.7 Å². The van der Waals surface area contributed by atoms with Gasteiger partial charge in [-0.05, 0) is 33.7 Å². The van der Waals surface area contributed by atoms with Crippen molar-refractivity contribution in [2.24, 2.45) is 0 Å². The van der Waals surface area contributed by atoms with Crippen molar-refractivity contribution >= 4 is 21.5 Å². The molecule has 0 heterocycles. The van der Waals surface area contributed by atoms with Gasteiger partial charge in [0, 0.05) is 26.2 Å². The first kappa shape index (κ1) is 10.6. The van der Waals surface area contributed by atoms with E-state index in [9.17, 15) is 0 Å². The van der Waals surface area contributed by atoms with E-state index in [1.54, 1.807) is 0 Å². The van der Waals surface area contributed by atoms with Crippen molar-refractivity contribution in [3.05, 3.63) is 60.7 Å². The third kappa shape index (κ3) is 1.89. The average molecular weight is 269 g/mol. The third-order valence-corrected chi connectivity index (χ3v) is 2.61. The summed E-state index contributed by atoms with van der Waals surface area (Å²) in [5, 5.41) is 5.25. The molecule has 0 bridgehead atoms. The zero-order valence-electron chi connectivity index (χ0n) is 8.27. The third-order valence-electron chi connectivity index (χ3n) is 2.61. The number of fused-ring (bicyclic) bond motifs is 2. The molecule has 0 aromatic heterocycles. The van der Waals surface area contributed by atoms with Crippen LogP contribution in [0, 0.1) is 0 Å². The van der Waals surface area contributed by atoms with Crippen molar-refractivity contribution < 1.29 is 26.2 Å². The maximum absolute atomic E-state index is 2.24. The first-order valence-corrected chi connectivity index (χ1v) is 4.81. The van der Waals surface area contributed by atoms with Crippen LogP contribution in [0.4, 0.5) is 0 Å². The Morgan fingerprint density at radius 3 is 1.00 bits per heavy atom. The van der Waals surface area contributed by atoms with Gasteiger partial charge < -0.3 is 0 Å². The van der Waals surface area contributed by atoms with Crippen molar-refractivity contribution in [3.63, 3.8) is 0 Å². The van der Waals surface area contributed by atoms with Crippen LogP contribution < -0.4 is 0 Å². The minimum atomic E-state index is 0. The molecular weight excluding hydrogens is 259 g/mol. The Morgan fingerprint density at radius 2 is 0.733 bits per heavy atom. The SMILES string of the molecule is [Zr].c1ccc2cc3ccccc3cc2c1. The normalized spacial score (nSPS) is 10.1. The zero-order valence-corrected chi connectivity index (χ0v) is 10.7. The van der Waals surface area contributed by atoms with E-state index in [0.717, 1.165) is 0 Å². The van der Waals surface area contributed by atoms with E-state index in [1.807, 2.05) is 0 Å². The van der Waals surface area contributed by atoms with Crippen LogP contribution in [0.15, 0.2) is 60.7 Å². The topological polar surface area (TPSA) is 0 Å². The monoisotopic (exact) mass is 268 g/mol. The Kier molecular flexibility index (Phi) is 3.02. The Balaban J connectivity index is 0.000000853. The number of hydrogen-bond acceptors (Lipinski definition) is 0. The van der Waals surface area contributed by atoms with Crippen molar-refractivity contribution in [2.45, 2.75) is 0 Å². The summed E-state index contributed by atoms with van der Waals surface area (Å²) in [6, 6.07) is 21.4. The molecule has 15 heavy (non-hydrogen) atoms. The minimum absolute atomic E-state index is 0. The Morgan fingerprint density at radius 1 is 0.467 bits per heavy atom. The summed E-state index contributed by atoms with van der Waals surface area (Å²) >= 11 is 0. The summed E-state index contributed by atoms with van der Waals surface area (Å²) in [4.78, 5) is 0. The summed E-state index contributed by atoms with van der Waals surface area (Å²) in [6.45, 7) is 0. The molecule has 0 spiro atoms. The summed E-state index contributed by atoms with van der Waals surface area (Å²) in [5.74, 6) is 0. The van der Waals surface area contributed by atoms with Crippen LogP contribution in [-0.4, -0.2) is 0 Å². The van der Waals surface area contributed by atoms with Gasteiger partial charge in [0.15, 0.2) is 0 Å². The molecule has 0 aliphatic rings. The van der Waals surface area contributed by atoms with Gasteiger partial charge in [-0.15, -0.1) is 0 Å². The van der Waals surface area contributed by atoms with E-state index in [0.29, 0.717) is 0 Å². The molecule has 0 unspecified atom stereocenters. The van der Waals surface area contributed by atoms with Crippen LogP contribution >= 0.6 is 0 Å². The van der Waals surface area contributed by atoms with Gasteiger partial charge in [-0.25, -0.2) is 0 Å². The molecule has 0 aliphatic heterocycles. The number of hydrogen-bond donors (Lipinski definition) is 0. The molecule has 0 nitrogen and oxygen atoms in total. The van der Waals surface area contributed by atoms with Crippen LogP contribution in [0.3, 0.4) is 0 Å². The first-order chi connectivity index (χ1) is 6.93. The quantitative estimate of drug-likeness (QED) is 0.541. The molecule has 3 aromatic rings. The Bertz CT molecular complexity index is 494. The number of rotatable bonds is 0. The van der Waals surface area contributed by atoms with Gasteiger partial charge in [0.25, 0.3) is 0 Å². The van der Waals surface area contributed by atoms with Crippen molar-refractivity contribution in [2.75, 3.05) is 0 Å². The maximum Gasteiger partial charge on any atom is 0 e. The van der Waals surface area contributed by atoms with Gasteiger partial charge in [0.05, 0.1) is 0 Å². The molecule has 0 aliphatic carbocycles. The Hall–Kier alpha value is -0.937. The molecule has 0 saturated carbocycles. The molecule has 0 saturated heterocycles. The fourth-order valence-corrected chi connectivity index (χ4v) is 1.88. The van der Waals surface area contributed by atoms with Gasteiger partial charge in [-0.1, -0.05) is 48.5 Å². The maximum atomic E-state index is 2.24. The average Bonchev–Trinajstić information content (AvgIpc) is 2.26. The van der Waals surface area contributed by atoms with Gasteiger partial charge in [-0.3, -0.25) is 0 Å². The van der Waals surface area contributed by atoms with Gasteiger partial charge in [0.2, 0.25) is 0 Å². The summed E-state index contributed by atoms with van der Waals surface area (Å²) < 4.78 is 0. The second kappa shape index (κ2) is 4.28. The van der Waals surface area contributed by atoms with Gasteiger partial charge >= 0.3 is 0 Å². The van der Waals surface area contributed by atoms with E-state index < -0.39 is 0 Å². The first-order valence-electron chi connectivity index (χ1n) is 4.81.